The van der Waals surface area contributed by atoms with Crippen molar-refractivity contribution in [1.29, 1.82) is 0 Å². The molecule has 1 aliphatic carbocycles. The Morgan fingerprint density at radius 1 is 1.00 bits per heavy atom. The summed E-state index contributed by atoms with van der Waals surface area (Å²) >= 11 is 0. The van der Waals surface area contributed by atoms with Gasteiger partial charge in [-0.2, -0.15) is 0 Å². The third-order valence-electron chi connectivity index (χ3n) is 6.04. The number of ether oxygens (including phenoxy) is 1. The van der Waals surface area contributed by atoms with Crippen LogP contribution >= 0.6 is 0 Å². The minimum atomic E-state index is -0.206. The molecule has 2 nitrogen and oxygen atoms in total. The van der Waals surface area contributed by atoms with Gasteiger partial charge in [0.1, 0.15) is 0 Å². The van der Waals surface area contributed by atoms with E-state index in [-0.39, 0.29) is 23.2 Å². The lowest BCUT2D eigenvalue weighted by molar-refractivity contribution is -0.0968. The molecule has 2 heteroatoms. The Balaban J connectivity index is 1.98. The molecule has 0 amide bonds. The van der Waals surface area contributed by atoms with Gasteiger partial charge in [-0.05, 0) is 77.0 Å². The molecule has 2 rings (SSSR count). The lowest BCUT2D eigenvalue weighted by Crippen LogP contribution is -2.41. The summed E-state index contributed by atoms with van der Waals surface area (Å²) in [7, 11) is 0. The van der Waals surface area contributed by atoms with Crippen LogP contribution in [0, 0.1) is 23.2 Å². The van der Waals surface area contributed by atoms with E-state index in [2.05, 4.69) is 48.5 Å². The molecule has 0 aromatic rings. The minimum absolute atomic E-state index is 0.0994. The number of rotatable bonds is 2. The Bertz CT molecular complexity index is 356. The van der Waals surface area contributed by atoms with Crippen LogP contribution in [0.15, 0.2) is 0 Å². The summed E-state index contributed by atoms with van der Waals surface area (Å²) in [4.78, 5) is 0. The third kappa shape index (κ3) is 3.82. The van der Waals surface area contributed by atoms with Gasteiger partial charge in [-0.15, -0.1) is 0 Å². The first-order valence-electron chi connectivity index (χ1n) is 8.81. The second-order valence-corrected chi connectivity index (χ2v) is 9.74. The highest BCUT2D eigenvalue weighted by molar-refractivity contribution is 4.99. The zero-order chi connectivity index (χ0) is 16.1. The molecule has 2 fully saturated rings. The van der Waals surface area contributed by atoms with Crippen LogP contribution in [-0.2, 0) is 4.74 Å². The van der Waals surface area contributed by atoms with Gasteiger partial charge < -0.3 is 9.84 Å². The summed E-state index contributed by atoms with van der Waals surface area (Å²) in [6, 6.07) is 0. The number of hydrogen-bond acceptors (Lipinski definition) is 2. The SMILES string of the molecule is CC1(C)CC(C(O)C2CCC(C(C)(C)C)CC2)C(C)(C)O1. The molecule has 1 heterocycles. The van der Waals surface area contributed by atoms with Crippen LogP contribution in [0.25, 0.3) is 0 Å². The van der Waals surface area contributed by atoms with E-state index in [1.807, 2.05) is 0 Å². The minimum Gasteiger partial charge on any atom is -0.392 e. The van der Waals surface area contributed by atoms with Crippen molar-refractivity contribution < 1.29 is 9.84 Å². The average molecular weight is 296 g/mol. The van der Waals surface area contributed by atoms with Gasteiger partial charge in [-0.1, -0.05) is 20.8 Å². The van der Waals surface area contributed by atoms with Crippen molar-refractivity contribution >= 4 is 0 Å². The second-order valence-electron chi connectivity index (χ2n) is 9.74. The fourth-order valence-electron chi connectivity index (χ4n) is 4.79. The van der Waals surface area contributed by atoms with Crippen LogP contribution < -0.4 is 0 Å². The Morgan fingerprint density at radius 2 is 1.52 bits per heavy atom. The van der Waals surface area contributed by atoms with Gasteiger partial charge in [0.25, 0.3) is 0 Å². The van der Waals surface area contributed by atoms with E-state index < -0.39 is 0 Å². The first-order chi connectivity index (χ1) is 9.42. The van der Waals surface area contributed by atoms with Gasteiger partial charge in [0, 0.05) is 5.92 Å². The van der Waals surface area contributed by atoms with E-state index in [4.69, 9.17) is 4.74 Å². The highest BCUT2D eigenvalue weighted by atomic mass is 16.5. The Morgan fingerprint density at radius 3 is 1.90 bits per heavy atom. The molecular weight excluding hydrogens is 260 g/mol. The van der Waals surface area contributed by atoms with Gasteiger partial charge >= 0.3 is 0 Å². The van der Waals surface area contributed by atoms with E-state index in [0.717, 1.165) is 12.3 Å². The van der Waals surface area contributed by atoms with Gasteiger partial charge in [-0.25, -0.2) is 0 Å². The molecule has 2 atom stereocenters. The molecule has 0 spiro atoms. The van der Waals surface area contributed by atoms with E-state index in [9.17, 15) is 5.11 Å². The van der Waals surface area contributed by atoms with Crippen molar-refractivity contribution in [3.63, 3.8) is 0 Å². The molecule has 1 saturated heterocycles. The topological polar surface area (TPSA) is 29.5 Å². The van der Waals surface area contributed by atoms with Crippen molar-refractivity contribution in [2.24, 2.45) is 23.2 Å². The molecule has 0 aromatic heterocycles. The molecule has 1 saturated carbocycles. The van der Waals surface area contributed by atoms with E-state index >= 15 is 0 Å². The highest BCUT2D eigenvalue weighted by Crippen LogP contribution is 2.48. The van der Waals surface area contributed by atoms with Crippen LogP contribution in [0.4, 0.5) is 0 Å². The zero-order valence-corrected chi connectivity index (χ0v) is 15.2. The number of aliphatic hydroxyl groups is 1. The molecule has 2 aliphatic rings. The molecule has 0 bridgehead atoms. The van der Waals surface area contributed by atoms with Gasteiger partial charge in [0.15, 0.2) is 0 Å². The first-order valence-corrected chi connectivity index (χ1v) is 8.81. The summed E-state index contributed by atoms with van der Waals surface area (Å²) in [6.45, 7) is 15.7. The van der Waals surface area contributed by atoms with Gasteiger partial charge in [0.2, 0.25) is 0 Å². The first kappa shape index (κ1) is 17.3. The van der Waals surface area contributed by atoms with Crippen LogP contribution in [0.5, 0.6) is 0 Å². The summed E-state index contributed by atoms with van der Waals surface area (Å²) in [5.74, 6) is 1.54. The van der Waals surface area contributed by atoms with Crippen LogP contribution in [0.3, 0.4) is 0 Å². The van der Waals surface area contributed by atoms with Crippen molar-refractivity contribution in [3.05, 3.63) is 0 Å². The summed E-state index contributed by atoms with van der Waals surface area (Å²) < 4.78 is 6.18. The lowest BCUT2D eigenvalue weighted by Gasteiger charge is -2.41. The monoisotopic (exact) mass is 296 g/mol. The molecule has 2 unspecified atom stereocenters. The predicted molar refractivity (Wildman–Crippen MR) is 88.3 cm³/mol. The van der Waals surface area contributed by atoms with Crippen LogP contribution in [0.1, 0.15) is 80.6 Å². The molecule has 1 N–H and O–H groups in total. The normalized spacial score (nSPS) is 37.4. The van der Waals surface area contributed by atoms with E-state index in [1.54, 1.807) is 0 Å². The second kappa shape index (κ2) is 5.53. The average Bonchev–Trinajstić information content (AvgIpc) is 2.55. The summed E-state index contributed by atoms with van der Waals surface area (Å²) in [5, 5.41) is 11.0. The zero-order valence-electron chi connectivity index (χ0n) is 15.2. The quantitative estimate of drug-likeness (QED) is 0.793. The van der Waals surface area contributed by atoms with Gasteiger partial charge in [0.05, 0.1) is 17.3 Å². The molecular formula is C19H36O2. The maximum atomic E-state index is 11.0. The van der Waals surface area contributed by atoms with E-state index in [0.29, 0.717) is 11.3 Å². The standard InChI is InChI=1S/C19H36O2/c1-17(2,3)14-10-8-13(9-11-14)16(20)15-12-18(4,5)21-19(15,6)7/h13-16,20H,8-12H2,1-7H3. The maximum Gasteiger partial charge on any atom is 0.0687 e. The Hall–Kier alpha value is -0.0800. The number of hydrogen-bond donors (Lipinski definition) is 1. The van der Waals surface area contributed by atoms with Gasteiger partial charge in [-0.3, -0.25) is 0 Å². The van der Waals surface area contributed by atoms with E-state index in [1.165, 1.54) is 25.7 Å². The fraction of sp³-hybridized carbons (Fsp3) is 1.00. The Labute approximate surface area is 131 Å². The molecule has 1 aliphatic heterocycles. The third-order valence-corrected chi connectivity index (χ3v) is 6.04. The van der Waals surface area contributed by atoms with Crippen molar-refractivity contribution in [3.8, 4) is 0 Å². The molecule has 21 heavy (non-hydrogen) atoms. The van der Waals surface area contributed by atoms with Crippen molar-refractivity contribution in [2.75, 3.05) is 0 Å². The maximum absolute atomic E-state index is 11.0. The lowest BCUT2D eigenvalue weighted by atomic mass is 9.66. The highest BCUT2D eigenvalue weighted by Gasteiger charge is 2.50. The summed E-state index contributed by atoms with van der Waals surface area (Å²) in [5.41, 5.74) is 0.106. The predicted octanol–water partition coefficient (Wildman–Crippen LogP) is 4.79. The molecule has 0 aromatic carbocycles. The number of aliphatic hydroxyl groups excluding tert-OH is 1. The fourth-order valence-corrected chi connectivity index (χ4v) is 4.79. The summed E-state index contributed by atoms with van der Waals surface area (Å²) in [6.07, 6.45) is 5.65. The van der Waals surface area contributed by atoms with Crippen molar-refractivity contribution in [2.45, 2.75) is 97.9 Å². The molecule has 0 radical (unpaired) electrons. The van der Waals surface area contributed by atoms with Crippen LogP contribution in [-0.4, -0.2) is 22.4 Å². The largest absolute Gasteiger partial charge is 0.392 e. The van der Waals surface area contributed by atoms with Crippen molar-refractivity contribution in [1.82, 2.24) is 0 Å². The Kier molecular flexibility index (Phi) is 4.55. The van der Waals surface area contributed by atoms with Crippen LogP contribution in [0.2, 0.25) is 0 Å². The molecule has 124 valence electrons. The smallest absolute Gasteiger partial charge is 0.0687 e.